The van der Waals surface area contributed by atoms with E-state index in [-0.39, 0.29) is 5.91 Å². The van der Waals surface area contributed by atoms with E-state index >= 15 is 0 Å². The van der Waals surface area contributed by atoms with E-state index in [0.717, 1.165) is 0 Å². The number of hydrogen-bond donors (Lipinski definition) is 2. The molecule has 2 fully saturated rings. The number of piperidine rings is 1. The predicted molar refractivity (Wildman–Crippen MR) is 105 cm³/mol. The monoisotopic (exact) mass is 398 g/mol. The Morgan fingerprint density at radius 3 is 2.48 bits per heavy atom. The van der Waals surface area contributed by atoms with Gasteiger partial charge in [0.25, 0.3) is 5.91 Å². The van der Waals surface area contributed by atoms with Gasteiger partial charge in [-0.05, 0) is 39.2 Å². The Morgan fingerprint density at radius 2 is 1.83 bits per heavy atom. The zero-order chi connectivity index (χ0) is 20.5. The second-order valence-electron chi connectivity index (χ2n) is 7.99. The molecule has 2 aliphatic heterocycles. The summed E-state index contributed by atoms with van der Waals surface area (Å²) in [6.45, 7) is 5.47. The molecule has 29 heavy (non-hydrogen) atoms. The number of amides is 1. The molecule has 0 unspecified atom stereocenters. The largest absolute Gasteiger partial charge is 0.388 e. The van der Waals surface area contributed by atoms with E-state index < -0.39 is 17.2 Å². The molecule has 1 amide bonds. The number of rotatable bonds is 3. The number of carbonyl (C=O) groups excluding carboxylic acids is 1. The normalized spacial score (nSPS) is 26.3. The number of nitrogens with one attached hydrogen (secondary N) is 1. The smallest absolute Gasteiger partial charge is 0.254 e. The summed E-state index contributed by atoms with van der Waals surface area (Å²) in [7, 11) is 0. The molecule has 2 saturated heterocycles. The van der Waals surface area contributed by atoms with Crippen LogP contribution in [0.1, 0.15) is 42.4 Å². The van der Waals surface area contributed by atoms with Gasteiger partial charge in [-0.1, -0.05) is 0 Å². The van der Waals surface area contributed by atoms with Crippen molar-refractivity contribution in [3.05, 3.63) is 42.2 Å². The van der Waals surface area contributed by atoms with Gasteiger partial charge >= 0.3 is 0 Å². The number of anilines is 1. The minimum Gasteiger partial charge on any atom is -0.388 e. The number of aliphatic hydroxyl groups is 1. The standard InChI is InChI=1S/C20H26N6O3/c1-14-23-12-15(13-24-14)16(27)25-19(2)6-11-29-20(17(19)28)4-9-26(10-5-20)18-21-7-3-8-22-18/h3,7-8,12-13,17,28H,4-6,9-11H2,1-2H3,(H,25,27)/t17-,19+/m1/s1. The number of aryl methyl sites for hydroxylation is 1. The van der Waals surface area contributed by atoms with Crippen LogP contribution in [0.5, 0.6) is 0 Å². The van der Waals surface area contributed by atoms with E-state index in [4.69, 9.17) is 4.74 Å². The molecule has 0 saturated carbocycles. The van der Waals surface area contributed by atoms with Crippen LogP contribution in [0.3, 0.4) is 0 Å². The van der Waals surface area contributed by atoms with Crippen LogP contribution in [0.2, 0.25) is 0 Å². The first-order valence-corrected chi connectivity index (χ1v) is 9.87. The molecule has 4 heterocycles. The SMILES string of the molecule is Cc1ncc(C(=O)N[C@@]2(C)CCOC3(CCN(c4ncccn4)CC3)[C@@H]2O)cn1. The first-order valence-electron chi connectivity index (χ1n) is 9.87. The molecule has 1 spiro atoms. The van der Waals surface area contributed by atoms with Crippen LogP contribution in [0.25, 0.3) is 0 Å². The van der Waals surface area contributed by atoms with E-state index in [1.165, 1.54) is 12.4 Å². The molecule has 9 heteroatoms. The van der Waals surface area contributed by atoms with Gasteiger partial charge in [0.2, 0.25) is 5.95 Å². The highest BCUT2D eigenvalue weighted by molar-refractivity contribution is 5.94. The number of aliphatic hydroxyl groups excluding tert-OH is 1. The van der Waals surface area contributed by atoms with E-state index in [9.17, 15) is 9.90 Å². The molecule has 0 aromatic carbocycles. The summed E-state index contributed by atoms with van der Waals surface area (Å²) in [6, 6.07) is 1.79. The number of aromatic nitrogens is 4. The van der Waals surface area contributed by atoms with Gasteiger partial charge in [-0.15, -0.1) is 0 Å². The van der Waals surface area contributed by atoms with Crippen molar-refractivity contribution in [2.45, 2.75) is 50.4 Å². The van der Waals surface area contributed by atoms with Gasteiger partial charge in [-0.2, -0.15) is 0 Å². The number of ether oxygens (including phenoxy) is 1. The van der Waals surface area contributed by atoms with Crippen molar-refractivity contribution >= 4 is 11.9 Å². The first-order chi connectivity index (χ1) is 13.9. The van der Waals surface area contributed by atoms with Gasteiger partial charge in [0.15, 0.2) is 0 Å². The third-order valence-electron chi connectivity index (χ3n) is 6.00. The molecular weight excluding hydrogens is 372 g/mol. The zero-order valence-electron chi connectivity index (χ0n) is 16.7. The molecule has 2 aromatic rings. The Labute approximate surface area is 169 Å². The Balaban J connectivity index is 1.46. The lowest BCUT2D eigenvalue weighted by Gasteiger charge is -2.53. The molecule has 2 N–H and O–H groups in total. The Morgan fingerprint density at radius 1 is 1.17 bits per heavy atom. The molecule has 4 rings (SSSR count). The fourth-order valence-electron chi connectivity index (χ4n) is 4.19. The maximum absolute atomic E-state index is 12.7. The summed E-state index contributed by atoms with van der Waals surface area (Å²) in [5, 5.41) is 14.3. The minimum absolute atomic E-state index is 0.293. The summed E-state index contributed by atoms with van der Waals surface area (Å²) in [4.78, 5) is 31.6. The number of carbonyl (C=O) groups is 1. The molecule has 9 nitrogen and oxygen atoms in total. The molecule has 154 valence electrons. The van der Waals surface area contributed by atoms with Gasteiger partial charge in [0.05, 0.1) is 16.7 Å². The highest BCUT2D eigenvalue weighted by Crippen LogP contribution is 2.40. The van der Waals surface area contributed by atoms with Crippen LogP contribution < -0.4 is 10.2 Å². The van der Waals surface area contributed by atoms with Crippen molar-refractivity contribution < 1.29 is 14.6 Å². The van der Waals surface area contributed by atoms with Crippen LogP contribution in [-0.2, 0) is 4.74 Å². The molecule has 0 radical (unpaired) electrons. The van der Waals surface area contributed by atoms with Gasteiger partial charge in [0.1, 0.15) is 11.9 Å². The number of nitrogens with zero attached hydrogens (tertiary/aromatic N) is 5. The Hall–Kier alpha value is -2.65. The van der Waals surface area contributed by atoms with E-state index in [1.54, 1.807) is 25.4 Å². The maximum Gasteiger partial charge on any atom is 0.254 e. The molecule has 2 aliphatic rings. The summed E-state index contributed by atoms with van der Waals surface area (Å²) < 4.78 is 6.11. The molecule has 0 aliphatic carbocycles. The third-order valence-corrected chi connectivity index (χ3v) is 6.00. The third kappa shape index (κ3) is 3.79. The Kier molecular flexibility index (Phi) is 5.18. The zero-order valence-corrected chi connectivity index (χ0v) is 16.7. The van der Waals surface area contributed by atoms with E-state index in [0.29, 0.717) is 56.3 Å². The fraction of sp³-hybridized carbons (Fsp3) is 0.550. The van der Waals surface area contributed by atoms with Crippen LogP contribution in [0.15, 0.2) is 30.9 Å². The van der Waals surface area contributed by atoms with Gasteiger partial charge in [-0.25, -0.2) is 19.9 Å². The lowest BCUT2D eigenvalue weighted by atomic mass is 9.73. The fourth-order valence-corrected chi connectivity index (χ4v) is 4.19. The second kappa shape index (κ2) is 7.64. The average molecular weight is 398 g/mol. The molecule has 0 bridgehead atoms. The summed E-state index contributed by atoms with van der Waals surface area (Å²) in [5.74, 6) is 0.994. The summed E-state index contributed by atoms with van der Waals surface area (Å²) >= 11 is 0. The lowest BCUT2D eigenvalue weighted by molar-refractivity contribution is -0.195. The number of hydrogen-bond acceptors (Lipinski definition) is 8. The summed E-state index contributed by atoms with van der Waals surface area (Å²) in [5.41, 5.74) is -1.12. The highest BCUT2D eigenvalue weighted by Gasteiger charge is 2.54. The van der Waals surface area contributed by atoms with Crippen molar-refractivity contribution in [3.63, 3.8) is 0 Å². The van der Waals surface area contributed by atoms with Gasteiger partial charge in [-0.3, -0.25) is 4.79 Å². The van der Waals surface area contributed by atoms with E-state index in [1.807, 2.05) is 6.92 Å². The topological polar surface area (TPSA) is 113 Å². The van der Waals surface area contributed by atoms with Crippen molar-refractivity contribution in [1.29, 1.82) is 0 Å². The molecule has 2 atom stereocenters. The van der Waals surface area contributed by atoms with Crippen molar-refractivity contribution in [2.24, 2.45) is 0 Å². The average Bonchev–Trinajstić information content (AvgIpc) is 2.74. The maximum atomic E-state index is 12.7. The van der Waals surface area contributed by atoms with Crippen molar-refractivity contribution in [2.75, 3.05) is 24.6 Å². The molecular formula is C20H26N6O3. The quantitative estimate of drug-likeness (QED) is 0.784. The van der Waals surface area contributed by atoms with Crippen LogP contribution in [0.4, 0.5) is 5.95 Å². The van der Waals surface area contributed by atoms with Crippen molar-refractivity contribution in [1.82, 2.24) is 25.3 Å². The second-order valence-corrected chi connectivity index (χ2v) is 7.99. The van der Waals surface area contributed by atoms with Gasteiger partial charge in [0, 0.05) is 44.5 Å². The van der Waals surface area contributed by atoms with Crippen LogP contribution in [0, 0.1) is 6.92 Å². The summed E-state index contributed by atoms with van der Waals surface area (Å²) in [6.07, 6.45) is 7.40. The van der Waals surface area contributed by atoms with E-state index in [2.05, 4.69) is 30.2 Å². The predicted octanol–water partition coefficient (Wildman–Crippen LogP) is 0.884. The lowest BCUT2D eigenvalue weighted by Crippen LogP contribution is -2.69. The highest BCUT2D eigenvalue weighted by atomic mass is 16.5. The Bertz CT molecular complexity index is 854. The van der Waals surface area contributed by atoms with Crippen LogP contribution >= 0.6 is 0 Å². The minimum atomic E-state index is -0.835. The van der Waals surface area contributed by atoms with Crippen LogP contribution in [-0.4, -0.2) is 67.9 Å². The van der Waals surface area contributed by atoms with Gasteiger partial charge < -0.3 is 20.1 Å². The molecule has 2 aromatic heterocycles. The first kappa shape index (κ1) is 19.7. The van der Waals surface area contributed by atoms with Crippen molar-refractivity contribution in [3.8, 4) is 0 Å².